The van der Waals surface area contributed by atoms with Crippen LogP contribution in [0.15, 0.2) is 17.2 Å². The molecule has 0 aromatic carbocycles. The highest BCUT2D eigenvalue weighted by Gasteiger charge is 2.35. The number of carbonyl (C=O) groups excluding carboxylic acids is 1. The molecule has 1 aliphatic rings. The van der Waals surface area contributed by atoms with Crippen LogP contribution in [-0.2, 0) is 14.6 Å². The van der Waals surface area contributed by atoms with Crippen LogP contribution in [0.25, 0.3) is 0 Å². The predicted molar refractivity (Wildman–Crippen MR) is 74.8 cm³/mol. The molecule has 0 bridgehead atoms. The standard InChI is InChI=1S/C12H17N3O5S/c1-20-4-3-15(9-2-5-21(18,19)8-9)12(17)10-6-14-11(16)7-13-10/h6-7,9H,2-5,8H2,1H3,(H,14,16). The molecule has 9 heteroatoms. The number of sulfone groups is 1. The lowest BCUT2D eigenvalue weighted by Gasteiger charge is -2.27. The zero-order chi connectivity index (χ0) is 15.5. The van der Waals surface area contributed by atoms with Gasteiger partial charge in [-0.25, -0.2) is 13.4 Å². The van der Waals surface area contributed by atoms with Crippen molar-refractivity contribution in [1.29, 1.82) is 0 Å². The molecule has 116 valence electrons. The number of methoxy groups -OCH3 is 1. The Hall–Kier alpha value is -1.74. The summed E-state index contributed by atoms with van der Waals surface area (Å²) in [4.78, 5) is 31.1. The average molecular weight is 315 g/mol. The zero-order valence-corrected chi connectivity index (χ0v) is 12.4. The van der Waals surface area contributed by atoms with Crippen molar-refractivity contribution < 1.29 is 17.9 Å². The first kappa shape index (κ1) is 15.6. The van der Waals surface area contributed by atoms with Gasteiger partial charge in [0.15, 0.2) is 9.84 Å². The number of ether oxygens (including phenoxy) is 1. The van der Waals surface area contributed by atoms with E-state index in [1.165, 1.54) is 18.2 Å². The Bertz CT molecular complexity index is 649. The Kier molecular flexibility index (Phi) is 4.73. The highest BCUT2D eigenvalue weighted by Crippen LogP contribution is 2.19. The third-order valence-electron chi connectivity index (χ3n) is 3.34. The van der Waals surface area contributed by atoms with Gasteiger partial charge in [-0.15, -0.1) is 0 Å². The quantitative estimate of drug-likeness (QED) is 0.750. The summed E-state index contributed by atoms with van der Waals surface area (Å²) in [7, 11) is -1.59. The van der Waals surface area contributed by atoms with Gasteiger partial charge in [-0.2, -0.15) is 0 Å². The van der Waals surface area contributed by atoms with Gasteiger partial charge in [0.25, 0.3) is 11.5 Å². The number of nitrogens with zero attached hydrogens (tertiary/aromatic N) is 2. The fourth-order valence-electron chi connectivity index (χ4n) is 2.27. The van der Waals surface area contributed by atoms with Crippen LogP contribution in [0.5, 0.6) is 0 Å². The normalized spacial score (nSPS) is 20.3. The van der Waals surface area contributed by atoms with Gasteiger partial charge in [-0.3, -0.25) is 9.59 Å². The van der Waals surface area contributed by atoms with Gasteiger partial charge in [0.1, 0.15) is 5.69 Å². The molecule has 1 saturated heterocycles. The minimum atomic E-state index is -3.10. The van der Waals surface area contributed by atoms with E-state index in [9.17, 15) is 18.0 Å². The molecule has 8 nitrogen and oxygen atoms in total. The monoisotopic (exact) mass is 315 g/mol. The summed E-state index contributed by atoms with van der Waals surface area (Å²) < 4.78 is 28.1. The van der Waals surface area contributed by atoms with Gasteiger partial charge in [-0.1, -0.05) is 0 Å². The van der Waals surface area contributed by atoms with Crippen molar-refractivity contribution >= 4 is 15.7 Å². The number of aromatic nitrogens is 2. The predicted octanol–water partition coefficient (Wildman–Crippen LogP) is -0.954. The van der Waals surface area contributed by atoms with Crippen molar-refractivity contribution in [2.45, 2.75) is 12.5 Å². The Labute approximate surface area is 122 Å². The summed E-state index contributed by atoms with van der Waals surface area (Å²) in [6.45, 7) is 0.571. The first-order valence-corrected chi connectivity index (χ1v) is 8.30. The molecule has 1 aliphatic heterocycles. The van der Waals surface area contributed by atoms with Gasteiger partial charge in [0.2, 0.25) is 0 Å². The van der Waals surface area contributed by atoms with Gasteiger partial charge >= 0.3 is 0 Å². The van der Waals surface area contributed by atoms with E-state index < -0.39 is 21.3 Å². The maximum atomic E-state index is 12.5. The van der Waals surface area contributed by atoms with Crippen LogP contribution in [0.3, 0.4) is 0 Å². The zero-order valence-electron chi connectivity index (χ0n) is 11.6. The SMILES string of the molecule is COCCN(C(=O)c1c[nH]c(=O)cn1)C1CCS(=O)(=O)C1. The first-order chi connectivity index (χ1) is 9.93. The molecule has 2 heterocycles. The van der Waals surface area contributed by atoms with Crippen molar-refractivity contribution in [3.8, 4) is 0 Å². The van der Waals surface area contributed by atoms with E-state index in [-0.39, 0.29) is 29.8 Å². The Morgan fingerprint density at radius 3 is 2.86 bits per heavy atom. The van der Waals surface area contributed by atoms with Crippen molar-refractivity contribution in [2.75, 3.05) is 31.8 Å². The lowest BCUT2D eigenvalue weighted by molar-refractivity contribution is 0.0618. The number of nitrogens with one attached hydrogen (secondary N) is 1. The Morgan fingerprint density at radius 2 is 2.33 bits per heavy atom. The number of H-pyrrole nitrogens is 1. The summed E-state index contributed by atoms with van der Waals surface area (Å²) >= 11 is 0. The molecule has 1 fully saturated rings. The van der Waals surface area contributed by atoms with Crippen molar-refractivity contribution in [3.05, 3.63) is 28.4 Å². The van der Waals surface area contributed by atoms with Crippen LogP contribution in [0.2, 0.25) is 0 Å². The van der Waals surface area contributed by atoms with Crippen molar-refractivity contribution in [3.63, 3.8) is 0 Å². The molecule has 0 radical (unpaired) electrons. The highest BCUT2D eigenvalue weighted by molar-refractivity contribution is 7.91. The number of amides is 1. The van der Waals surface area contributed by atoms with Crippen LogP contribution < -0.4 is 5.56 Å². The van der Waals surface area contributed by atoms with Gasteiger partial charge in [0.05, 0.1) is 24.3 Å². The van der Waals surface area contributed by atoms with E-state index >= 15 is 0 Å². The topological polar surface area (TPSA) is 109 Å². The van der Waals surface area contributed by atoms with E-state index in [4.69, 9.17) is 4.74 Å². The van der Waals surface area contributed by atoms with Gasteiger partial charge < -0.3 is 14.6 Å². The van der Waals surface area contributed by atoms with Gasteiger partial charge in [0, 0.05) is 25.9 Å². The largest absolute Gasteiger partial charge is 0.383 e. The summed E-state index contributed by atoms with van der Waals surface area (Å²) in [6, 6.07) is -0.383. The van der Waals surface area contributed by atoms with Crippen molar-refractivity contribution in [2.24, 2.45) is 0 Å². The summed E-state index contributed by atoms with van der Waals surface area (Å²) in [5.41, 5.74) is -0.326. The summed E-state index contributed by atoms with van der Waals surface area (Å²) in [5.74, 6) is -0.385. The molecule has 1 aromatic heterocycles. The number of rotatable bonds is 5. The summed E-state index contributed by atoms with van der Waals surface area (Å²) in [6.07, 6.45) is 2.65. The summed E-state index contributed by atoms with van der Waals surface area (Å²) in [5, 5.41) is 0. The third kappa shape index (κ3) is 3.88. The molecule has 0 saturated carbocycles. The Morgan fingerprint density at radius 1 is 1.57 bits per heavy atom. The maximum Gasteiger partial charge on any atom is 0.274 e. The molecule has 21 heavy (non-hydrogen) atoms. The number of hydrogen-bond acceptors (Lipinski definition) is 6. The number of hydrogen-bond donors (Lipinski definition) is 1. The van der Waals surface area contributed by atoms with Crippen LogP contribution in [0.1, 0.15) is 16.9 Å². The molecule has 1 atom stereocenters. The molecular formula is C12H17N3O5S. The van der Waals surface area contributed by atoms with E-state index in [1.807, 2.05) is 0 Å². The molecule has 1 aromatic rings. The molecule has 0 spiro atoms. The number of aromatic amines is 1. The second-order valence-electron chi connectivity index (χ2n) is 4.84. The van der Waals surface area contributed by atoms with E-state index in [0.29, 0.717) is 13.0 Å². The van der Waals surface area contributed by atoms with E-state index in [2.05, 4.69) is 9.97 Å². The molecule has 1 N–H and O–H groups in total. The Balaban J connectivity index is 2.21. The fraction of sp³-hybridized carbons (Fsp3) is 0.583. The minimum absolute atomic E-state index is 0.0498. The minimum Gasteiger partial charge on any atom is -0.383 e. The number of carbonyl (C=O) groups is 1. The lowest BCUT2D eigenvalue weighted by Crippen LogP contribution is -2.43. The molecular weight excluding hydrogens is 298 g/mol. The van der Waals surface area contributed by atoms with Crippen LogP contribution in [0.4, 0.5) is 0 Å². The second kappa shape index (κ2) is 6.35. The highest BCUT2D eigenvalue weighted by atomic mass is 32.2. The molecule has 1 amide bonds. The van der Waals surface area contributed by atoms with Crippen LogP contribution in [-0.4, -0.2) is 67.0 Å². The van der Waals surface area contributed by atoms with Crippen LogP contribution >= 0.6 is 0 Å². The fourth-order valence-corrected chi connectivity index (χ4v) is 4.00. The molecule has 2 rings (SSSR count). The smallest absolute Gasteiger partial charge is 0.274 e. The van der Waals surface area contributed by atoms with Crippen molar-refractivity contribution in [1.82, 2.24) is 14.9 Å². The first-order valence-electron chi connectivity index (χ1n) is 6.48. The average Bonchev–Trinajstić information content (AvgIpc) is 2.80. The maximum absolute atomic E-state index is 12.5. The van der Waals surface area contributed by atoms with Crippen LogP contribution in [0, 0.1) is 0 Å². The lowest BCUT2D eigenvalue weighted by atomic mass is 10.2. The molecule has 0 aliphatic carbocycles. The van der Waals surface area contributed by atoms with E-state index in [0.717, 1.165) is 6.20 Å². The van der Waals surface area contributed by atoms with E-state index in [1.54, 1.807) is 0 Å². The second-order valence-corrected chi connectivity index (χ2v) is 7.07. The third-order valence-corrected chi connectivity index (χ3v) is 5.09. The molecule has 1 unspecified atom stereocenters. The van der Waals surface area contributed by atoms with Gasteiger partial charge in [-0.05, 0) is 6.42 Å².